The number of esters is 1. The van der Waals surface area contributed by atoms with Crippen molar-refractivity contribution in [2.24, 2.45) is 0 Å². The Morgan fingerprint density at radius 1 is 1.24 bits per heavy atom. The molecule has 29 heavy (non-hydrogen) atoms. The molecule has 0 N–H and O–H groups in total. The number of hydrogen-bond acceptors (Lipinski definition) is 8. The number of benzene rings is 1. The highest BCUT2D eigenvalue weighted by Gasteiger charge is 2.18. The fourth-order valence-corrected chi connectivity index (χ4v) is 3.28. The monoisotopic (exact) mass is 416 g/mol. The number of nitrogens with zero attached hydrogens (tertiary/aromatic N) is 2. The maximum atomic E-state index is 13.7. The van der Waals surface area contributed by atoms with Gasteiger partial charge in [-0.3, -0.25) is 4.79 Å². The molecule has 0 aliphatic heterocycles. The molecule has 0 bridgehead atoms. The lowest BCUT2D eigenvalue weighted by atomic mass is 10.1. The second-order valence-electron chi connectivity index (χ2n) is 5.92. The van der Waals surface area contributed by atoms with E-state index in [1.807, 2.05) is 0 Å². The number of carbonyl (C=O) groups excluding carboxylic acids is 2. The Labute approximate surface area is 170 Å². The number of pyridine rings is 1. The summed E-state index contributed by atoms with van der Waals surface area (Å²) in [5, 5.41) is 4.34. The fraction of sp³-hybridized carbons (Fsp3) is 0.200. The molecular weight excluding hydrogens is 399 g/mol. The first-order valence-electron chi connectivity index (χ1n) is 8.52. The standard InChI is InChI=1S/C20H17FN2O5S/c1-12-8-14(23-28-12)11-29-19-15(4-3-7-22-19)20(25)27-10-17(24)13-5-6-18(26-2)16(21)9-13/h3-9H,10-11H2,1-2H3. The molecule has 0 amide bonds. The van der Waals surface area contributed by atoms with Gasteiger partial charge in [0, 0.05) is 23.6 Å². The van der Waals surface area contributed by atoms with E-state index in [0.29, 0.717) is 22.2 Å². The van der Waals surface area contributed by atoms with Gasteiger partial charge in [0.2, 0.25) is 0 Å². The smallest absolute Gasteiger partial charge is 0.341 e. The minimum Gasteiger partial charge on any atom is -0.494 e. The van der Waals surface area contributed by atoms with Crippen LogP contribution in [0.1, 0.15) is 32.2 Å². The summed E-state index contributed by atoms with van der Waals surface area (Å²) in [6, 6.07) is 8.74. The van der Waals surface area contributed by atoms with Gasteiger partial charge < -0.3 is 14.0 Å². The average Bonchev–Trinajstić information content (AvgIpc) is 3.15. The van der Waals surface area contributed by atoms with Crippen molar-refractivity contribution in [1.82, 2.24) is 10.1 Å². The second kappa shape index (κ2) is 9.33. The summed E-state index contributed by atoms with van der Waals surface area (Å²) in [5.41, 5.74) is 1.03. The summed E-state index contributed by atoms with van der Waals surface area (Å²) in [7, 11) is 1.33. The number of ketones is 1. The maximum absolute atomic E-state index is 13.7. The molecule has 2 aromatic heterocycles. The molecule has 1 aromatic carbocycles. The van der Waals surface area contributed by atoms with Crippen LogP contribution in [0.3, 0.4) is 0 Å². The van der Waals surface area contributed by atoms with Crippen LogP contribution in [0.15, 0.2) is 52.1 Å². The third kappa shape index (κ3) is 5.20. The molecule has 0 spiro atoms. The Bertz CT molecular complexity index is 1040. The highest BCUT2D eigenvalue weighted by atomic mass is 32.2. The lowest BCUT2D eigenvalue weighted by molar-refractivity contribution is 0.0470. The molecule has 9 heteroatoms. The van der Waals surface area contributed by atoms with Gasteiger partial charge in [-0.25, -0.2) is 14.2 Å². The van der Waals surface area contributed by atoms with Crippen molar-refractivity contribution in [3.8, 4) is 5.75 Å². The number of halogens is 1. The van der Waals surface area contributed by atoms with Gasteiger partial charge in [0.05, 0.1) is 18.4 Å². The first-order valence-corrected chi connectivity index (χ1v) is 9.50. The van der Waals surface area contributed by atoms with Gasteiger partial charge in [0.1, 0.15) is 10.8 Å². The van der Waals surface area contributed by atoms with E-state index in [9.17, 15) is 14.0 Å². The second-order valence-corrected chi connectivity index (χ2v) is 6.89. The first-order chi connectivity index (χ1) is 14.0. The van der Waals surface area contributed by atoms with E-state index in [1.165, 1.54) is 31.0 Å². The molecule has 3 aromatic rings. The number of aromatic nitrogens is 2. The quantitative estimate of drug-likeness (QED) is 0.311. The van der Waals surface area contributed by atoms with E-state index >= 15 is 0 Å². The van der Waals surface area contributed by atoms with Crippen LogP contribution in [0.2, 0.25) is 0 Å². The van der Waals surface area contributed by atoms with E-state index in [2.05, 4.69) is 10.1 Å². The lowest BCUT2D eigenvalue weighted by Crippen LogP contribution is -2.15. The fourth-order valence-electron chi connectivity index (χ4n) is 2.42. The van der Waals surface area contributed by atoms with Gasteiger partial charge in [-0.15, -0.1) is 0 Å². The van der Waals surface area contributed by atoms with Crippen LogP contribution >= 0.6 is 11.8 Å². The predicted molar refractivity (Wildman–Crippen MR) is 103 cm³/mol. The number of aryl methyl sites for hydroxylation is 1. The molecule has 0 aliphatic rings. The molecule has 2 heterocycles. The molecule has 150 valence electrons. The number of thioether (sulfide) groups is 1. The van der Waals surface area contributed by atoms with Gasteiger partial charge in [0.15, 0.2) is 24.0 Å². The predicted octanol–water partition coefficient (Wildman–Crippen LogP) is 3.86. The highest BCUT2D eigenvalue weighted by molar-refractivity contribution is 7.98. The third-order valence-corrected chi connectivity index (χ3v) is 4.87. The van der Waals surface area contributed by atoms with Crippen molar-refractivity contribution >= 4 is 23.5 Å². The van der Waals surface area contributed by atoms with Crippen molar-refractivity contribution in [2.45, 2.75) is 17.7 Å². The molecule has 0 unspecified atom stereocenters. The number of ether oxygens (including phenoxy) is 2. The van der Waals surface area contributed by atoms with Crippen LogP contribution in [0.25, 0.3) is 0 Å². The Morgan fingerprint density at radius 3 is 2.76 bits per heavy atom. The summed E-state index contributed by atoms with van der Waals surface area (Å²) >= 11 is 1.30. The third-order valence-electron chi connectivity index (χ3n) is 3.83. The van der Waals surface area contributed by atoms with Crippen molar-refractivity contribution in [3.05, 3.63) is 71.0 Å². The van der Waals surface area contributed by atoms with Gasteiger partial charge in [-0.05, 0) is 37.3 Å². The normalized spacial score (nSPS) is 10.6. The Balaban J connectivity index is 1.63. The first kappa shape index (κ1) is 20.5. The lowest BCUT2D eigenvalue weighted by Gasteiger charge is -2.08. The molecule has 0 atom stereocenters. The number of methoxy groups -OCH3 is 1. The number of rotatable bonds is 8. The minimum absolute atomic E-state index is 0.0258. The molecule has 0 saturated heterocycles. The van der Waals surface area contributed by atoms with Crippen molar-refractivity contribution < 1.29 is 28.0 Å². The summed E-state index contributed by atoms with van der Waals surface area (Å²) in [5.74, 6) is -0.722. The molecule has 3 rings (SSSR count). The summed E-state index contributed by atoms with van der Waals surface area (Å²) in [6.45, 7) is 1.27. The molecule has 0 aliphatic carbocycles. The Kier molecular flexibility index (Phi) is 6.61. The number of hydrogen-bond donors (Lipinski definition) is 0. The van der Waals surface area contributed by atoms with Gasteiger partial charge in [0.25, 0.3) is 0 Å². The van der Waals surface area contributed by atoms with Crippen LogP contribution in [0.5, 0.6) is 5.75 Å². The van der Waals surface area contributed by atoms with E-state index in [0.717, 1.165) is 6.07 Å². The largest absolute Gasteiger partial charge is 0.494 e. The Morgan fingerprint density at radius 2 is 2.07 bits per heavy atom. The van der Waals surface area contributed by atoms with Crippen LogP contribution in [0.4, 0.5) is 4.39 Å². The molecule has 7 nitrogen and oxygen atoms in total. The summed E-state index contributed by atoms with van der Waals surface area (Å²) < 4.78 is 28.7. The van der Waals surface area contributed by atoms with Crippen molar-refractivity contribution in [1.29, 1.82) is 0 Å². The van der Waals surface area contributed by atoms with Crippen molar-refractivity contribution in [2.75, 3.05) is 13.7 Å². The van der Waals surface area contributed by atoms with E-state index in [1.54, 1.807) is 31.3 Å². The van der Waals surface area contributed by atoms with Crippen molar-refractivity contribution in [3.63, 3.8) is 0 Å². The molecule has 0 fully saturated rings. The highest BCUT2D eigenvalue weighted by Crippen LogP contribution is 2.25. The van der Waals surface area contributed by atoms with Gasteiger partial charge in [-0.2, -0.15) is 0 Å². The number of Topliss-reactive ketones (excluding diaryl/α,β-unsaturated/α-hetero) is 1. The van der Waals surface area contributed by atoms with Crippen LogP contribution < -0.4 is 4.74 Å². The molecule has 0 radical (unpaired) electrons. The zero-order valence-corrected chi connectivity index (χ0v) is 16.5. The average molecular weight is 416 g/mol. The Hall–Kier alpha value is -3.20. The summed E-state index contributed by atoms with van der Waals surface area (Å²) in [6.07, 6.45) is 1.55. The van der Waals surface area contributed by atoms with E-state index < -0.39 is 24.2 Å². The zero-order valence-electron chi connectivity index (χ0n) is 15.7. The molecule has 0 saturated carbocycles. The number of carbonyl (C=O) groups is 2. The van der Waals surface area contributed by atoms with E-state index in [-0.39, 0.29) is 16.9 Å². The minimum atomic E-state index is -0.695. The topological polar surface area (TPSA) is 91.5 Å². The zero-order chi connectivity index (χ0) is 20.8. The SMILES string of the molecule is COc1ccc(C(=O)COC(=O)c2cccnc2SCc2cc(C)on2)cc1F. The van der Waals surface area contributed by atoms with E-state index in [4.69, 9.17) is 14.0 Å². The van der Waals surface area contributed by atoms with Gasteiger partial charge in [-0.1, -0.05) is 16.9 Å². The maximum Gasteiger partial charge on any atom is 0.341 e. The summed E-state index contributed by atoms with van der Waals surface area (Å²) in [4.78, 5) is 28.8. The van der Waals surface area contributed by atoms with Crippen LogP contribution in [0, 0.1) is 12.7 Å². The van der Waals surface area contributed by atoms with Crippen LogP contribution in [-0.2, 0) is 10.5 Å². The molecular formula is C20H17FN2O5S. The van der Waals surface area contributed by atoms with Gasteiger partial charge >= 0.3 is 5.97 Å². The van der Waals surface area contributed by atoms with Crippen LogP contribution in [-0.4, -0.2) is 35.6 Å².